The number of pyridine rings is 1. The molecule has 2 aromatic rings. The number of aromatic nitrogens is 1. The number of ether oxygens (including phenoxy) is 1. The maximum absolute atomic E-state index is 15.2. The van der Waals surface area contributed by atoms with Crippen molar-refractivity contribution >= 4 is 18.4 Å². The lowest BCUT2D eigenvalue weighted by molar-refractivity contribution is 0.162. The van der Waals surface area contributed by atoms with Crippen LogP contribution in [0.25, 0.3) is 0 Å². The molecule has 178 valence electrons. The summed E-state index contributed by atoms with van der Waals surface area (Å²) in [5, 5.41) is 3.29. The highest BCUT2D eigenvalue weighted by Crippen LogP contribution is 2.28. The molecule has 3 heterocycles. The molecular weight excluding hydrogens is 438 g/mol. The Morgan fingerprint density at radius 2 is 2.03 bits per heavy atom. The number of nitrogens with zero attached hydrogens (tertiary/aromatic N) is 5. The van der Waals surface area contributed by atoms with Gasteiger partial charge in [0.15, 0.2) is 5.84 Å². The van der Waals surface area contributed by atoms with Crippen LogP contribution < -0.4 is 10.1 Å². The summed E-state index contributed by atoms with van der Waals surface area (Å²) in [5.41, 5.74) is 1.98. The van der Waals surface area contributed by atoms with Crippen LogP contribution in [-0.4, -0.2) is 54.0 Å². The number of piperidine rings is 1. The van der Waals surface area contributed by atoms with Crippen molar-refractivity contribution in [2.75, 3.05) is 19.6 Å². The number of aliphatic imine (C=N–C) groups is 3. The van der Waals surface area contributed by atoms with Gasteiger partial charge < -0.3 is 15.0 Å². The summed E-state index contributed by atoms with van der Waals surface area (Å²) < 4.78 is 35.1. The minimum atomic E-state index is -0.490. The molecule has 0 radical (unpaired) electrons. The Balaban J connectivity index is 1.66. The van der Waals surface area contributed by atoms with E-state index in [0.717, 1.165) is 32.1 Å². The van der Waals surface area contributed by atoms with E-state index in [2.05, 4.69) is 32.0 Å². The van der Waals surface area contributed by atoms with Crippen molar-refractivity contribution in [2.45, 2.75) is 39.3 Å². The first-order valence-electron chi connectivity index (χ1n) is 11.4. The van der Waals surface area contributed by atoms with Crippen LogP contribution in [0.5, 0.6) is 5.75 Å². The number of amidine groups is 2. The summed E-state index contributed by atoms with van der Waals surface area (Å²) in [6.07, 6.45) is 4.50. The van der Waals surface area contributed by atoms with Crippen LogP contribution in [0.4, 0.5) is 8.78 Å². The van der Waals surface area contributed by atoms with Gasteiger partial charge in [-0.05, 0) is 58.6 Å². The van der Waals surface area contributed by atoms with Gasteiger partial charge in [0.25, 0.3) is 0 Å². The van der Waals surface area contributed by atoms with E-state index in [1.807, 2.05) is 6.92 Å². The second kappa shape index (κ2) is 10.6. The molecule has 1 aromatic heterocycles. The summed E-state index contributed by atoms with van der Waals surface area (Å²) in [6, 6.07) is 6.24. The Hall–Kier alpha value is -3.46. The standard InChI is InChI=1S/C25H28F2N6O/c1-4-31-25-23(16(2)28-3)32-24(18-11-19(26)14-30-13-18)33(25)15-17-5-6-21(12-22(17)27)34-20-7-9-29-10-8-20/h5-6,11-14,20,29H,3-4,7-10,15H2,1-2H3/b23-16+,31-25?. The molecule has 1 saturated heterocycles. The fourth-order valence-corrected chi connectivity index (χ4v) is 3.98. The molecule has 0 saturated carbocycles. The predicted octanol–water partition coefficient (Wildman–Crippen LogP) is 4.10. The van der Waals surface area contributed by atoms with Gasteiger partial charge >= 0.3 is 0 Å². The average molecular weight is 467 g/mol. The second-order valence-electron chi connectivity index (χ2n) is 8.12. The van der Waals surface area contributed by atoms with E-state index < -0.39 is 11.6 Å². The normalized spacial score (nSPS) is 19.4. The van der Waals surface area contributed by atoms with E-state index in [0.29, 0.717) is 46.5 Å². The lowest BCUT2D eigenvalue weighted by Crippen LogP contribution is -2.34. The monoisotopic (exact) mass is 466 g/mol. The molecule has 4 rings (SSSR count). The fourth-order valence-electron chi connectivity index (χ4n) is 3.98. The first-order chi connectivity index (χ1) is 16.5. The Morgan fingerprint density at radius 1 is 1.24 bits per heavy atom. The number of allylic oxidation sites excluding steroid dienone is 1. The highest BCUT2D eigenvalue weighted by Gasteiger charge is 2.31. The quantitative estimate of drug-likeness (QED) is 0.624. The Bertz CT molecular complexity index is 1150. The van der Waals surface area contributed by atoms with Gasteiger partial charge in [-0.25, -0.2) is 13.8 Å². The molecule has 1 N–H and O–H groups in total. The smallest absolute Gasteiger partial charge is 0.157 e. The Morgan fingerprint density at radius 3 is 2.71 bits per heavy atom. The van der Waals surface area contributed by atoms with Gasteiger partial charge in [0.1, 0.15) is 35.0 Å². The Labute approximate surface area is 198 Å². The maximum atomic E-state index is 15.2. The van der Waals surface area contributed by atoms with E-state index in [-0.39, 0.29) is 12.6 Å². The van der Waals surface area contributed by atoms with E-state index in [4.69, 9.17) is 4.74 Å². The highest BCUT2D eigenvalue weighted by atomic mass is 19.1. The van der Waals surface area contributed by atoms with Crippen molar-refractivity contribution in [1.29, 1.82) is 0 Å². The second-order valence-corrected chi connectivity index (χ2v) is 8.12. The van der Waals surface area contributed by atoms with Crippen LogP contribution >= 0.6 is 0 Å². The molecule has 2 aliphatic rings. The molecule has 7 nitrogen and oxygen atoms in total. The maximum Gasteiger partial charge on any atom is 0.157 e. The fraction of sp³-hybridized carbons (Fsp3) is 0.360. The number of hydrogen-bond acceptors (Lipinski definition) is 6. The molecule has 2 aliphatic heterocycles. The number of benzene rings is 1. The Kier molecular flexibility index (Phi) is 7.42. The van der Waals surface area contributed by atoms with Gasteiger partial charge in [0.05, 0.1) is 18.4 Å². The zero-order valence-corrected chi connectivity index (χ0v) is 19.4. The van der Waals surface area contributed by atoms with Crippen LogP contribution in [0, 0.1) is 11.6 Å². The molecule has 0 unspecified atom stereocenters. The van der Waals surface area contributed by atoms with E-state index >= 15 is 4.39 Å². The largest absolute Gasteiger partial charge is 0.490 e. The SMILES string of the molecule is C=N/C(C)=C1/N=C(c2cncc(F)c2)N(Cc2ccc(OC3CCNCC3)cc2F)C1=NCC. The predicted molar refractivity (Wildman–Crippen MR) is 129 cm³/mol. The highest BCUT2D eigenvalue weighted by molar-refractivity contribution is 6.20. The van der Waals surface area contributed by atoms with Crippen LogP contribution in [0.1, 0.15) is 37.8 Å². The number of halogens is 2. The topological polar surface area (TPSA) is 74.5 Å². The van der Waals surface area contributed by atoms with Gasteiger partial charge in [-0.1, -0.05) is 6.07 Å². The summed E-state index contributed by atoms with van der Waals surface area (Å²) in [7, 11) is 0. The van der Waals surface area contributed by atoms with Crippen molar-refractivity contribution in [2.24, 2.45) is 15.0 Å². The number of rotatable bonds is 7. The molecule has 34 heavy (non-hydrogen) atoms. The van der Waals surface area contributed by atoms with Crippen LogP contribution in [0.2, 0.25) is 0 Å². The van der Waals surface area contributed by atoms with Gasteiger partial charge in [-0.15, -0.1) is 0 Å². The summed E-state index contributed by atoms with van der Waals surface area (Å²) in [6.45, 7) is 9.67. The zero-order valence-electron chi connectivity index (χ0n) is 19.4. The molecule has 9 heteroatoms. The van der Waals surface area contributed by atoms with Crippen LogP contribution in [0.3, 0.4) is 0 Å². The number of hydrogen-bond donors (Lipinski definition) is 1. The number of nitrogens with one attached hydrogen (secondary N) is 1. The molecule has 0 aliphatic carbocycles. The van der Waals surface area contributed by atoms with Gasteiger partial charge in [0.2, 0.25) is 0 Å². The first kappa shape index (κ1) is 23.7. The molecule has 1 aromatic carbocycles. The van der Waals surface area contributed by atoms with E-state index in [1.54, 1.807) is 24.0 Å². The first-order valence-corrected chi connectivity index (χ1v) is 11.4. The lowest BCUT2D eigenvalue weighted by Gasteiger charge is -2.24. The third kappa shape index (κ3) is 5.20. The third-order valence-corrected chi connectivity index (χ3v) is 5.73. The van der Waals surface area contributed by atoms with Crippen molar-refractivity contribution in [1.82, 2.24) is 15.2 Å². The minimum Gasteiger partial charge on any atom is -0.490 e. The van der Waals surface area contributed by atoms with E-state index in [9.17, 15) is 4.39 Å². The van der Waals surface area contributed by atoms with Crippen LogP contribution in [0.15, 0.2) is 63.0 Å². The summed E-state index contributed by atoms with van der Waals surface area (Å²) >= 11 is 0. The molecule has 0 atom stereocenters. The van der Waals surface area contributed by atoms with Crippen molar-refractivity contribution < 1.29 is 13.5 Å². The van der Waals surface area contributed by atoms with Gasteiger partial charge in [-0.2, -0.15) is 0 Å². The zero-order chi connectivity index (χ0) is 24.1. The summed E-state index contributed by atoms with van der Waals surface area (Å²) in [5.74, 6) is 0.575. The average Bonchev–Trinajstić information content (AvgIpc) is 3.19. The third-order valence-electron chi connectivity index (χ3n) is 5.73. The van der Waals surface area contributed by atoms with Crippen LogP contribution in [-0.2, 0) is 6.54 Å². The van der Waals surface area contributed by atoms with Crippen molar-refractivity contribution in [3.8, 4) is 5.75 Å². The molecule has 1 fully saturated rings. The van der Waals surface area contributed by atoms with Crippen molar-refractivity contribution in [3.63, 3.8) is 0 Å². The molecule has 0 amide bonds. The molecular formula is C25H28F2N6O. The molecule has 0 bridgehead atoms. The van der Waals surface area contributed by atoms with Gasteiger partial charge in [0, 0.05) is 29.9 Å². The summed E-state index contributed by atoms with van der Waals surface area (Å²) in [4.78, 5) is 19.0. The van der Waals surface area contributed by atoms with E-state index in [1.165, 1.54) is 18.3 Å². The molecule has 0 spiro atoms. The van der Waals surface area contributed by atoms with Gasteiger partial charge in [-0.3, -0.25) is 15.0 Å². The lowest BCUT2D eigenvalue weighted by atomic mass is 10.1. The minimum absolute atomic E-state index is 0.0784. The van der Waals surface area contributed by atoms with Crippen molar-refractivity contribution in [3.05, 3.63) is 70.8 Å².